The average molecular weight is 508 g/mol. The highest BCUT2D eigenvalue weighted by Crippen LogP contribution is 2.37. The molecule has 2 aliphatic heterocycles. The lowest BCUT2D eigenvalue weighted by Crippen LogP contribution is -2.44. The lowest BCUT2D eigenvalue weighted by atomic mass is 9.80. The predicted octanol–water partition coefficient (Wildman–Crippen LogP) is 4.04. The molecular weight excluding hydrogens is 481 g/mol. The second-order valence-electron chi connectivity index (χ2n) is 8.95. The first kappa shape index (κ1) is 24.4. The largest absolute Gasteiger partial charge is 0.493 e. The van der Waals surface area contributed by atoms with Gasteiger partial charge in [0.05, 0.1) is 24.4 Å². The van der Waals surface area contributed by atoms with Crippen molar-refractivity contribution in [2.75, 3.05) is 26.5 Å². The zero-order valence-corrected chi connectivity index (χ0v) is 19.9. The monoisotopic (exact) mass is 507 g/mol. The van der Waals surface area contributed by atoms with Gasteiger partial charge in [0, 0.05) is 31.3 Å². The highest BCUT2D eigenvalue weighted by molar-refractivity contribution is 5.94. The van der Waals surface area contributed by atoms with E-state index in [1.165, 1.54) is 11.0 Å². The smallest absolute Gasteiger partial charge is 0.407 e. The maximum Gasteiger partial charge on any atom is 0.407 e. The number of aromatic nitrogens is 1. The quantitative estimate of drug-likeness (QED) is 0.497. The van der Waals surface area contributed by atoms with E-state index < -0.39 is 17.8 Å². The van der Waals surface area contributed by atoms with Crippen LogP contribution in [0.3, 0.4) is 0 Å². The Kier molecular flexibility index (Phi) is 7.07. The van der Waals surface area contributed by atoms with Gasteiger partial charge >= 0.3 is 6.09 Å². The first-order valence-electron chi connectivity index (χ1n) is 12.0. The summed E-state index contributed by atoms with van der Waals surface area (Å²) < 4.78 is 31.4. The first-order valence-corrected chi connectivity index (χ1v) is 12.0. The summed E-state index contributed by atoms with van der Waals surface area (Å²) in [7, 11) is 0. The van der Waals surface area contributed by atoms with Gasteiger partial charge in [-0.15, -0.1) is 0 Å². The van der Waals surface area contributed by atoms with Crippen molar-refractivity contribution in [1.82, 2.24) is 15.2 Å². The van der Waals surface area contributed by atoms with Crippen molar-refractivity contribution >= 4 is 12.0 Å². The number of hydrogen-bond donors (Lipinski definition) is 2. The Morgan fingerprint density at radius 3 is 2.81 bits per heavy atom. The van der Waals surface area contributed by atoms with E-state index in [1.807, 2.05) is 6.07 Å². The normalized spacial score (nSPS) is 18.4. The lowest BCUT2D eigenvalue weighted by Gasteiger charge is -2.37. The number of amides is 2. The molecule has 3 heterocycles. The van der Waals surface area contributed by atoms with Gasteiger partial charge < -0.3 is 29.5 Å². The van der Waals surface area contributed by atoms with Crippen LogP contribution < -0.4 is 19.5 Å². The van der Waals surface area contributed by atoms with Crippen molar-refractivity contribution in [3.05, 3.63) is 83.4 Å². The number of rotatable bonds is 7. The summed E-state index contributed by atoms with van der Waals surface area (Å²) in [6.45, 7) is 1.14. The van der Waals surface area contributed by atoms with Crippen molar-refractivity contribution in [2.24, 2.45) is 5.92 Å². The third-order valence-electron chi connectivity index (χ3n) is 6.63. The van der Waals surface area contributed by atoms with Gasteiger partial charge in [-0.05, 0) is 54.3 Å². The van der Waals surface area contributed by atoms with Gasteiger partial charge in [-0.3, -0.25) is 9.78 Å². The van der Waals surface area contributed by atoms with Crippen LogP contribution in [0.1, 0.15) is 34.0 Å². The van der Waals surface area contributed by atoms with Gasteiger partial charge in [0.2, 0.25) is 6.79 Å². The molecule has 37 heavy (non-hydrogen) atoms. The van der Waals surface area contributed by atoms with Crippen LogP contribution in [0, 0.1) is 11.7 Å². The van der Waals surface area contributed by atoms with Crippen LogP contribution in [0.5, 0.6) is 17.2 Å². The Bertz CT molecular complexity index is 1290. The van der Waals surface area contributed by atoms with Crippen molar-refractivity contribution < 1.29 is 33.3 Å². The molecule has 1 fully saturated rings. The van der Waals surface area contributed by atoms with E-state index in [0.29, 0.717) is 35.9 Å². The van der Waals surface area contributed by atoms with Crippen molar-refractivity contribution in [1.29, 1.82) is 0 Å². The number of fused-ring (bicyclic) bond motifs is 1. The third kappa shape index (κ3) is 5.58. The number of nitrogens with zero attached hydrogens (tertiary/aromatic N) is 2. The van der Waals surface area contributed by atoms with Crippen molar-refractivity contribution in [3.63, 3.8) is 0 Å². The highest BCUT2D eigenvalue weighted by atomic mass is 19.1. The number of piperidine rings is 1. The number of benzene rings is 2. The van der Waals surface area contributed by atoms with Crippen LogP contribution in [0.4, 0.5) is 9.18 Å². The Hall–Kier alpha value is -4.34. The topological polar surface area (TPSA) is 110 Å². The fraction of sp³-hybridized carbons (Fsp3) is 0.296. The maximum absolute atomic E-state index is 14.6. The summed E-state index contributed by atoms with van der Waals surface area (Å²) in [5.41, 5.74) is 1.35. The summed E-state index contributed by atoms with van der Waals surface area (Å²) >= 11 is 0. The molecule has 1 saturated heterocycles. The van der Waals surface area contributed by atoms with E-state index in [9.17, 15) is 19.1 Å². The van der Waals surface area contributed by atoms with Crippen LogP contribution >= 0.6 is 0 Å². The van der Waals surface area contributed by atoms with E-state index in [-0.39, 0.29) is 43.9 Å². The molecule has 1 aromatic heterocycles. The molecule has 2 atom stereocenters. The Labute approximate surface area is 212 Å². The molecule has 2 amide bonds. The molecule has 0 aliphatic carbocycles. The Morgan fingerprint density at radius 2 is 2.00 bits per heavy atom. The minimum Gasteiger partial charge on any atom is -0.493 e. The molecule has 3 aromatic rings. The molecule has 2 aromatic carbocycles. The number of nitrogens with one attached hydrogen (secondary N) is 1. The standard InChI is InChI=1S/C27H26FN3O6/c28-23-6-4-17(11-22(23)26(32)30-13-19-3-1-2-9-29-19)21-8-10-31(27(33)34)14-18(21)15-35-20-5-7-24-25(12-20)37-16-36-24/h1-7,9,11-12,18,21H,8,10,13-16H2,(H,30,32)(H,33,34). The molecule has 10 heteroatoms. The van der Waals surface area contributed by atoms with E-state index in [2.05, 4.69) is 10.3 Å². The number of likely N-dealkylation sites (tertiary alicyclic amines) is 1. The number of carbonyl (C=O) groups is 2. The molecule has 192 valence electrons. The molecule has 2 unspecified atom stereocenters. The highest BCUT2D eigenvalue weighted by Gasteiger charge is 2.34. The number of ether oxygens (including phenoxy) is 3. The summed E-state index contributed by atoms with van der Waals surface area (Å²) in [6, 6.07) is 15.1. The van der Waals surface area contributed by atoms with E-state index in [1.54, 1.807) is 48.7 Å². The third-order valence-corrected chi connectivity index (χ3v) is 6.63. The Morgan fingerprint density at radius 1 is 1.14 bits per heavy atom. The van der Waals surface area contributed by atoms with Gasteiger partial charge in [0.15, 0.2) is 11.5 Å². The fourth-order valence-electron chi connectivity index (χ4n) is 4.70. The molecule has 2 N–H and O–H groups in total. The molecule has 0 spiro atoms. The van der Waals surface area contributed by atoms with Gasteiger partial charge in [0.25, 0.3) is 5.91 Å². The number of hydrogen-bond acceptors (Lipinski definition) is 6. The molecule has 0 saturated carbocycles. The SMILES string of the molecule is O=C(NCc1ccccn1)c1cc(C2CCN(C(=O)O)CC2COc2ccc3c(c2)OCO3)ccc1F. The second kappa shape index (κ2) is 10.7. The van der Waals surface area contributed by atoms with Crippen LogP contribution in [-0.4, -0.2) is 53.5 Å². The molecule has 5 rings (SSSR count). The summed E-state index contributed by atoms with van der Waals surface area (Å²) in [5.74, 6) is 0.284. The van der Waals surface area contributed by atoms with Gasteiger partial charge in [-0.2, -0.15) is 0 Å². The average Bonchev–Trinajstić information content (AvgIpc) is 3.39. The minimum atomic E-state index is -1.000. The molecular formula is C27H26FN3O6. The first-order chi connectivity index (χ1) is 18.0. The number of carbonyl (C=O) groups excluding carboxylic acids is 1. The van der Waals surface area contributed by atoms with E-state index >= 15 is 0 Å². The molecule has 2 aliphatic rings. The Balaban J connectivity index is 1.32. The molecule has 9 nitrogen and oxygen atoms in total. The van der Waals surface area contributed by atoms with Crippen molar-refractivity contribution in [2.45, 2.75) is 18.9 Å². The van der Waals surface area contributed by atoms with Crippen LogP contribution in [-0.2, 0) is 6.54 Å². The summed E-state index contributed by atoms with van der Waals surface area (Å²) in [6.07, 6.45) is 1.14. The van der Waals surface area contributed by atoms with Gasteiger partial charge in [-0.25, -0.2) is 9.18 Å². The van der Waals surface area contributed by atoms with Crippen LogP contribution in [0.25, 0.3) is 0 Å². The lowest BCUT2D eigenvalue weighted by molar-refractivity contribution is 0.0937. The minimum absolute atomic E-state index is 0.0652. The van der Waals surface area contributed by atoms with Gasteiger partial charge in [0.1, 0.15) is 11.6 Å². The number of carboxylic acid groups (broad SMARTS) is 1. The molecule has 0 radical (unpaired) electrons. The zero-order valence-electron chi connectivity index (χ0n) is 19.9. The summed E-state index contributed by atoms with van der Waals surface area (Å²) in [5, 5.41) is 12.3. The van der Waals surface area contributed by atoms with Crippen molar-refractivity contribution in [3.8, 4) is 17.2 Å². The van der Waals surface area contributed by atoms with E-state index in [4.69, 9.17) is 14.2 Å². The number of halogens is 1. The van der Waals surface area contributed by atoms with Gasteiger partial charge in [-0.1, -0.05) is 12.1 Å². The van der Waals surface area contributed by atoms with Crippen LogP contribution in [0.15, 0.2) is 60.8 Å². The molecule has 0 bridgehead atoms. The second-order valence-corrected chi connectivity index (χ2v) is 8.95. The summed E-state index contributed by atoms with van der Waals surface area (Å²) in [4.78, 5) is 30.0. The number of pyridine rings is 1. The zero-order chi connectivity index (χ0) is 25.8. The maximum atomic E-state index is 14.6. The van der Waals surface area contributed by atoms with Crippen LogP contribution in [0.2, 0.25) is 0 Å². The van der Waals surface area contributed by atoms with E-state index in [0.717, 1.165) is 5.56 Å². The fourth-order valence-corrected chi connectivity index (χ4v) is 4.70. The predicted molar refractivity (Wildman–Crippen MR) is 130 cm³/mol.